The van der Waals surface area contributed by atoms with E-state index in [-0.39, 0.29) is 31.6 Å². The molecule has 432 valence electrons. The molecule has 2 saturated heterocycles. The number of aliphatic hydroxyl groups is 11. The van der Waals surface area contributed by atoms with E-state index in [1.807, 2.05) is 13.0 Å². The highest BCUT2D eigenvalue weighted by atomic mass is 16.7. The van der Waals surface area contributed by atoms with Crippen LogP contribution in [-0.4, -0.2) is 194 Å². The highest BCUT2D eigenvalue weighted by Gasteiger charge is 2.51. The number of allylic oxidation sites excluding steroid dienone is 12. The van der Waals surface area contributed by atoms with E-state index in [4.69, 9.17) is 29.4 Å². The van der Waals surface area contributed by atoms with E-state index in [1.54, 1.807) is 98.5 Å². The van der Waals surface area contributed by atoms with E-state index in [9.17, 15) is 70.6 Å². The molecular weight excluding hydrogens is 1010 g/mol. The maximum atomic E-state index is 14.4. The van der Waals surface area contributed by atoms with E-state index in [0.29, 0.717) is 5.69 Å². The molecule has 0 saturated carbocycles. The van der Waals surface area contributed by atoms with Crippen LogP contribution in [0.3, 0.4) is 0 Å². The van der Waals surface area contributed by atoms with Gasteiger partial charge in [-0.15, -0.1) is 0 Å². The molecule has 3 aliphatic rings. The number of nitrogens with one attached hydrogen (secondary N) is 1. The van der Waals surface area contributed by atoms with Crippen molar-refractivity contribution in [1.29, 1.82) is 0 Å². The Morgan fingerprint density at radius 3 is 1.99 bits per heavy atom. The van der Waals surface area contributed by atoms with Crippen molar-refractivity contribution in [2.24, 2.45) is 30.5 Å². The summed E-state index contributed by atoms with van der Waals surface area (Å²) in [7, 11) is 2.83. The van der Waals surface area contributed by atoms with Crippen molar-refractivity contribution in [3.63, 3.8) is 0 Å². The Hall–Kier alpha value is -4.80. The van der Waals surface area contributed by atoms with Crippen LogP contribution in [-0.2, 0) is 51.5 Å². The zero-order chi connectivity index (χ0) is 57.0. The Bertz CT molecular complexity index is 2200. The third kappa shape index (κ3) is 21.1. The molecule has 4 heterocycles. The zero-order valence-electron chi connectivity index (χ0n) is 44.2. The number of imidazole rings is 1. The van der Waals surface area contributed by atoms with Gasteiger partial charge in [-0.3, -0.25) is 9.59 Å². The Morgan fingerprint density at radius 2 is 1.39 bits per heavy atom. The number of nitrogens with two attached hydrogens (primary N) is 1. The molecule has 2 bridgehead atoms. The minimum absolute atomic E-state index is 0.122. The van der Waals surface area contributed by atoms with Gasteiger partial charge < -0.3 is 95.5 Å². The van der Waals surface area contributed by atoms with Crippen LogP contribution in [0.15, 0.2) is 97.6 Å². The van der Waals surface area contributed by atoms with Crippen molar-refractivity contribution in [2.45, 2.75) is 182 Å². The van der Waals surface area contributed by atoms with Crippen LogP contribution in [0.2, 0.25) is 0 Å². The van der Waals surface area contributed by atoms with Crippen molar-refractivity contribution in [3.8, 4) is 0 Å². The topological polar surface area (TPSA) is 376 Å². The first-order valence-corrected chi connectivity index (χ1v) is 25.9. The van der Waals surface area contributed by atoms with E-state index in [0.717, 1.165) is 7.11 Å². The lowest BCUT2D eigenvalue weighted by Gasteiger charge is -2.46. The molecule has 1 amide bonds. The summed E-state index contributed by atoms with van der Waals surface area (Å²) in [5, 5.41) is 123. The number of aryl methyl sites for hydroxylation is 1. The van der Waals surface area contributed by atoms with Gasteiger partial charge in [-0.25, -0.2) is 9.78 Å². The molecule has 2 unspecified atom stereocenters. The van der Waals surface area contributed by atoms with Crippen LogP contribution in [0, 0.1) is 17.8 Å². The van der Waals surface area contributed by atoms with Crippen molar-refractivity contribution in [1.82, 2.24) is 14.9 Å². The summed E-state index contributed by atoms with van der Waals surface area (Å²) in [6.07, 6.45) is 2.99. The van der Waals surface area contributed by atoms with E-state index in [1.165, 1.54) is 18.5 Å². The second kappa shape index (κ2) is 31.7. The molecule has 23 heteroatoms. The smallest absolute Gasteiger partial charge is 0.328 e. The number of carbonyl (C=O) groups is 3. The van der Waals surface area contributed by atoms with Gasteiger partial charge in [-0.2, -0.15) is 0 Å². The number of fused-ring (bicyclic) bond motifs is 2. The van der Waals surface area contributed by atoms with Crippen LogP contribution in [0.5, 0.6) is 0 Å². The van der Waals surface area contributed by atoms with Gasteiger partial charge >= 0.3 is 11.9 Å². The summed E-state index contributed by atoms with van der Waals surface area (Å²) in [6.45, 7) is 5.19. The third-order valence-corrected chi connectivity index (χ3v) is 13.7. The van der Waals surface area contributed by atoms with Crippen molar-refractivity contribution in [3.05, 3.63) is 103 Å². The van der Waals surface area contributed by atoms with Gasteiger partial charge in [0.05, 0.1) is 92.4 Å². The molecule has 77 heavy (non-hydrogen) atoms. The first kappa shape index (κ1) is 64.7. The molecule has 2 fully saturated rings. The summed E-state index contributed by atoms with van der Waals surface area (Å²) in [5.74, 6) is -7.32. The Labute approximate surface area is 449 Å². The average Bonchev–Trinajstić information content (AvgIpc) is 3.78. The zero-order valence-corrected chi connectivity index (χ0v) is 44.2. The third-order valence-electron chi connectivity index (χ3n) is 13.7. The van der Waals surface area contributed by atoms with E-state index < -0.39 is 165 Å². The lowest BCUT2D eigenvalue weighted by molar-refractivity contribution is -0.331. The Morgan fingerprint density at radius 1 is 0.779 bits per heavy atom. The van der Waals surface area contributed by atoms with Gasteiger partial charge in [-0.05, 0) is 26.2 Å². The predicted octanol–water partition coefficient (Wildman–Crippen LogP) is -0.809. The van der Waals surface area contributed by atoms with Crippen molar-refractivity contribution < 1.29 is 94.2 Å². The number of hydrogen-bond acceptors (Lipinski definition) is 21. The van der Waals surface area contributed by atoms with Crippen LogP contribution in [0.25, 0.3) is 0 Å². The van der Waals surface area contributed by atoms with Crippen molar-refractivity contribution in [2.75, 3.05) is 7.11 Å². The number of nitrogens with zero attached hydrogens (tertiary/aromatic N) is 2. The van der Waals surface area contributed by atoms with Crippen LogP contribution < -0.4 is 11.1 Å². The number of carbonyl (C=O) groups excluding carboxylic acids is 3. The number of ether oxygens (including phenoxy) is 5. The lowest BCUT2D eigenvalue weighted by Crippen LogP contribution is -2.62. The first-order chi connectivity index (χ1) is 36.4. The maximum Gasteiger partial charge on any atom is 0.328 e. The van der Waals surface area contributed by atoms with Gasteiger partial charge in [0.15, 0.2) is 18.4 Å². The fourth-order valence-electron chi connectivity index (χ4n) is 9.18. The van der Waals surface area contributed by atoms with Gasteiger partial charge in [0.25, 0.3) is 0 Å². The molecule has 1 aromatic rings. The number of esters is 2. The fraction of sp³-hybridized carbons (Fsp3) is 0.630. The number of aliphatic hydroxyl groups excluding tert-OH is 10. The minimum atomic E-state index is -2.43. The molecule has 1 aromatic heterocycles. The summed E-state index contributed by atoms with van der Waals surface area (Å²) >= 11 is 0. The van der Waals surface area contributed by atoms with E-state index in [2.05, 4.69) is 10.3 Å². The molecular formula is C54H82N4O19. The summed E-state index contributed by atoms with van der Waals surface area (Å²) < 4.78 is 29.8. The maximum absolute atomic E-state index is 14.4. The van der Waals surface area contributed by atoms with Crippen LogP contribution >= 0.6 is 0 Å². The van der Waals surface area contributed by atoms with Gasteiger partial charge in [0.2, 0.25) is 5.91 Å². The molecule has 23 nitrogen and oxygen atoms in total. The number of amides is 1. The minimum Gasteiger partial charge on any atom is -0.467 e. The van der Waals surface area contributed by atoms with Crippen molar-refractivity contribution >= 4 is 17.8 Å². The molecule has 4 rings (SSSR count). The number of rotatable bonds is 7. The number of aromatic nitrogens is 2. The molecule has 0 aromatic carbocycles. The standard InChI is InChI=1S/C54H82N4O19/c1-31-18-16-14-12-10-8-6-7-9-11-13-15-17-19-38(75-53-49(68)46(55)48(67)52(71)76-53)26-43-45(50(69)57-39(51(70)73-5)22-34-29-58(4)30-56-34)42(64)28-54(72,77-43)27-37(61)24-41(63)40(62)21-20-35(59)23-36(60)25-44(65)74-33(3)32(2)47(31)66/h6-19,29-33,35-43,45-49,52-53,59-64,66-68,71-72H,20-28,55H2,1-5H3,(H,57,69)/b7-6+,10-8+,11-9+,14-12+,15-13+,18-16+,19-17+/t31?,32-,33-,35+,36+,37-,38-,39-,40+,41+,42-,43-,45+,46-,47+,48-,49-,52-,53?,54+/m0/s1. The highest BCUT2D eigenvalue weighted by molar-refractivity contribution is 5.86. The molecule has 0 radical (unpaired) electrons. The second-order valence-electron chi connectivity index (χ2n) is 20.2. The Balaban J connectivity index is 1.66. The number of hydrogen-bond donors (Lipinski definition) is 13. The number of cyclic esters (lactones) is 1. The fourth-order valence-corrected chi connectivity index (χ4v) is 9.18. The van der Waals surface area contributed by atoms with Gasteiger partial charge in [0, 0.05) is 57.2 Å². The largest absolute Gasteiger partial charge is 0.467 e. The predicted molar refractivity (Wildman–Crippen MR) is 277 cm³/mol. The first-order valence-electron chi connectivity index (χ1n) is 25.9. The number of methoxy groups -OCH3 is 1. The van der Waals surface area contributed by atoms with Crippen LogP contribution in [0.1, 0.15) is 77.8 Å². The molecule has 20 atom stereocenters. The highest BCUT2D eigenvalue weighted by Crippen LogP contribution is 2.38. The van der Waals surface area contributed by atoms with Crippen LogP contribution in [0.4, 0.5) is 0 Å². The monoisotopic (exact) mass is 1090 g/mol. The van der Waals surface area contributed by atoms with Gasteiger partial charge in [-0.1, -0.05) is 98.9 Å². The normalized spacial score (nSPS) is 40.6. The quantitative estimate of drug-likeness (QED) is 0.149. The summed E-state index contributed by atoms with van der Waals surface area (Å²) in [4.78, 5) is 44.3. The molecule has 3 aliphatic heterocycles. The SMILES string of the molecule is COC(=O)[C@H](Cc1cn(C)cn1)NC(=O)[C@H]1[C@@H]2C[C@@H](OC3O[C@H](O)[C@@H](O)[C@H](N)[C@@H]3O)/C=C/C=C/C=C/C=C/C=C/C=C/C=C/C(C)[C@@H](O)[C@@H](C)[C@H](C)OC(=O)C[C@H](O)C[C@H](O)CC[C@@H](O)[C@H](O)C[C@H](O)C[C@](O)(C[C@@H]1O)O2. The summed E-state index contributed by atoms with van der Waals surface area (Å²) in [5.41, 5.74) is 6.39. The molecule has 0 spiro atoms. The Kier molecular flexibility index (Phi) is 26.6. The summed E-state index contributed by atoms with van der Waals surface area (Å²) in [6, 6.07) is -2.76. The second-order valence-corrected chi connectivity index (χ2v) is 20.2. The molecule has 0 aliphatic carbocycles. The lowest BCUT2D eigenvalue weighted by atomic mass is 9.82. The van der Waals surface area contributed by atoms with Gasteiger partial charge in [0.1, 0.15) is 24.4 Å². The molecule has 14 N–H and O–H groups in total. The average molecular weight is 1090 g/mol. The van der Waals surface area contributed by atoms with E-state index >= 15 is 0 Å².